The lowest BCUT2D eigenvalue weighted by molar-refractivity contribution is 0.0600. The Morgan fingerprint density at radius 3 is 2.32 bits per heavy atom. The predicted octanol–water partition coefficient (Wildman–Crippen LogP) is 5.49. The molecule has 0 N–H and O–H groups in total. The average molecular weight is 431 g/mol. The van der Waals surface area contributed by atoms with Gasteiger partial charge in [-0.15, -0.1) is 0 Å². The van der Waals surface area contributed by atoms with Crippen LogP contribution in [-0.2, 0) is 17.7 Å². The molecule has 5 nitrogen and oxygen atoms in total. The van der Waals surface area contributed by atoms with Crippen molar-refractivity contribution < 1.29 is 14.3 Å². The van der Waals surface area contributed by atoms with E-state index in [1.54, 1.807) is 29.2 Å². The largest absolute Gasteiger partial charge is 0.465 e. The minimum atomic E-state index is -0.432. The molecule has 0 bridgehead atoms. The van der Waals surface area contributed by atoms with Crippen LogP contribution in [0.3, 0.4) is 0 Å². The third kappa shape index (κ3) is 4.34. The number of hydrogen-bond acceptors (Lipinski definition) is 5. The van der Waals surface area contributed by atoms with Gasteiger partial charge in [-0.25, -0.2) is 9.78 Å². The number of hydrogen-bond donors (Lipinski definition) is 0. The molecule has 4 rings (SSSR count). The van der Waals surface area contributed by atoms with Crippen molar-refractivity contribution in [3.05, 3.63) is 95.1 Å². The second kappa shape index (κ2) is 9.10. The molecule has 0 aliphatic rings. The first-order chi connectivity index (χ1) is 15.1. The number of anilines is 1. The zero-order valence-corrected chi connectivity index (χ0v) is 18.2. The fourth-order valence-corrected chi connectivity index (χ4v) is 4.42. The fraction of sp³-hybridized carbons (Fsp3) is 0.160. The highest BCUT2D eigenvalue weighted by molar-refractivity contribution is 7.22. The molecule has 156 valence electrons. The van der Waals surface area contributed by atoms with E-state index >= 15 is 0 Å². The summed E-state index contributed by atoms with van der Waals surface area (Å²) in [6, 6.07) is 22.5. The molecule has 1 amide bonds. The van der Waals surface area contributed by atoms with E-state index in [1.165, 1.54) is 18.4 Å². The Bertz CT molecular complexity index is 1220. The van der Waals surface area contributed by atoms with Crippen molar-refractivity contribution in [1.82, 2.24) is 4.98 Å². The molecule has 0 spiro atoms. The zero-order valence-electron chi connectivity index (χ0n) is 17.4. The van der Waals surface area contributed by atoms with Crippen molar-refractivity contribution in [1.29, 1.82) is 0 Å². The number of aromatic nitrogens is 1. The third-order valence-electron chi connectivity index (χ3n) is 5.08. The normalized spacial score (nSPS) is 10.8. The minimum absolute atomic E-state index is 0.169. The molecule has 1 aromatic heterocycles. The molecule has 0 aliphatic carbocycles. The molecule has 3 aromatic carbocycles. The molecule has 31 heavy (non-hydrogen) atoms. The maximum atomic E-state index is 13.5. The van der Waals surface area contributed by atoms with Crippen LogP contribution in [0.25, 0.3) is 10.2 Å². The fourth-order valence-electron chi connectivity index (χ4n) is 3.41. The molecule has 6 heteroatoms. The maximum absolute atomic E-state index is 13.5. The van der Waals surface area contributed by atoms with Crippen LogP contribution >= 0.6 is 11.3 Å². The van der Waals surface area contributed by atoms with Crippen molar-refractivity contribution in [2.45, 2.75) is 19.9 Å². The number of benzene rings is 3. The van der Waals surface area contributed by atoms with Crippen LogP contribution in [0.5, 0.6) is 0 Å². The van der Waals surface area contributed by atoms with Gasteiger partial charge in [-0.2, -0.15) is 0 Å². The summed E-state index contributed by atoms with van der Waals surface area (Å²) < 4.78 is 5.80. The van der Waals surface area contributed by atoms with Crippen molar-refractivity contribution >= 4 is 38.6 Å². The third-order valence-corrected chi connectivity index (χ3v) is 6.13. The monoisotopic (exact) mass is 430 g/mol. The van der Waals surface area contributed by atoms with E-state index in [4.69, 9.17) is 9.72 Å². The lowest BCUT2D eigenvalue weighted by Crippen LogP contribution is -2.30. The Morgan fingerprint density at radius 1 is 0.935 bits per heavy atom. The number of thiazole rings is 1. The summed E-state index contributed by atoms with van der Waals surface area (Å²) in [5.74, 6) is -0.601. The first-order valence-electron chi connectivity index (χ1n) is 10.0. The molecule has 0 saturated heterocycles. The van der Waals surface area contributed by atoms with E-state index in [2.05, 4.69) is 13.0 Å². The summed E-state index contributed by atoms with van der Waals surface area (Å²) in [5.41, 5.74) is 4.00. The van der Waals surface area contributed by atoms with Gasteiger partial charge in [-0.3, -0.25) is 9.69 Å². The van der Waals surface area contributed by atoms with Gasteiger partial charge in [-0.05, 0) is 47.9 Å². The number of carbonyl (C=O) groups is 2. The number of nitrogens with zero attached hydrogens (tertiary/aromatic N) is 2. The van der Waals surface area contributed by atoms with Gasteiger partial charge >= 0.3 is 5.97 Å². The van der Waals surface area contributed by atoms with E-state index in [-0.39, 0.29) is 5.91 Å². The highest BCUT2D eigenvalue weighted by Gasteiger charge is 2.22. The van der Waals surface area contributed by atoms with E-state index in [1.807, 2.05) is 42.5 Å². The van der Waals surface area contributed by atoms with Crippen molar-refractivity contribution in [2.75, 3.05) is 12.0 Å². The first kappa shape index (κ1) is 20.8. The Hall–Kier alpha value is -3.51. The van der Waals surface area contributed by atoms with Crippen LogP contribution in [0.2, 0.25) is 0 Å². The number of fused-ring (bicyclic) bond motifs is 1. The van der Waals surface area contributed by atoms with Crippen LogP contribution in [-0.4, -0.2) is 24.0 Å². The molecule has 0 atom stereocenters. The molecule has 4 aromatic rings. The second-order valence-electron chi connectivity index (χ2n) is 7.06. The Labute approximate surface area is 184 Å². The minimum Gasteiger partial charge on any atom is -0.465 e. The maximum Gasteiger partial charge on any atom is 0.337 e. The SMILES string of the molecule is CCc1cccc2sc(N(Cc3ccccc3)C(=O)c3ccc(C(=O)OC)cc3)nc12. The number of rotatable bonds is 6. The van der Waals surface area contributed by atoms with E-state index in [0.717, 1.165) is 27.8 Å². The van der Waals surface area contributed by atoms with Crippen LogP contribution in [0.4, 0.5) is 5.13 Å². The van der Waals surface area contributed by atoms with Crippen LogP contribution in [0.1, 0.15) is 38.8 Å². The molecule has 1 heterocycles. The second-order valence-corrected chi connectivity index (χ2v) is 8.07. The van der Waals surface area contributed by atoms with Gasteiger partial charge in [0.15, 0.2) is 5.13 Å². The van der Waals surface area contributed by atoms with Gasteiger partial charge in [0.05, 0.1) is 29.4 Å². The number of para-hydroxylation sites is 1. The lowest BCUT2D eigenvalue weighted by Gasteiger charge is -2.20. The van der Waals surface area contributed by atoms with Gasteiger partial charge in [0.2, 0.25) is 0 Å². The Kier molecular flexibility index (Phi) is 6.09. The van der Waals surface area contributed by atoms with Gasteiger partial charge in [0.25, 0.3) is 5.91 Å². The topological polar surface area (TPSA) is 59.5 Å². The van der Waals surface area contributed by atoms with Gasteiger partial charge in [0.1, 0.15) is 0 Å². The smallest absolute Gasteiger partial charge is 0.337 e. The lowest BCUT2D eigenvalue weighted by atomic mass is 10.1. The van der Waals surface area contributed by atoms with E-state index in [0.29, 0.717) is 22.8 Å². The standard InChI is InChI=1S/C25H22N2O3S/c1-3-18-10-7-11-21-22(18)26-25(31-21)27(16-17-8-5-4-6-9-17)23(28)19-12-14-20(15-13-19)24(29)30-2/h4-15H,3,16H2,1-2H3. The molecule has 0 radical (unpaired) electrons. The average Bonchev–Trinajstić information content (AvgIpc) is 3.26. The van der Waals surface area contributed by atoms with Crippen molar-refractivity contribution in [3.63, 3.8) is 0 Å². The number of ether oxygens (including phenoxy) is 1. The number of methoxy groups -OCH3 is 1. The molecular formula is C25H22N2O3S. The van der Waals surface area contributed by atoms with Gasteiger partial charge in [-0.1, -0.05) is 60.7 Å². The molecule has 0 unspecified atom stereocenters. The van der Waals surface area contributed by atoms with Crippen molar-refractivity contribution in [3.8, 4) is 0 Å². The summed E-state index contributed by atoms with van der Waals surface area (Å²) >= 11 is 1.51. The first-order valence-corrected chi connectivity index (χ1v) is 10.8. The molecule has 0 saturated carbocycles. The number of aryl methyl sites for hydroxylation is 1. The highest BCUT2D eigenvalue weighted by Crippen LogP contribution is 2.32. The summed E-state index contributed by atoms with van der Waals surface area (Å²) in [7, 11) is 1.33. The Balaban J connectivity index is 1.74. The van der Waals surface area contributed by atoms with Crippen LogP contribution in [0.15, 0.2) is 72.8 Å². The van der Waals surface area contributed by atoms with E-state index in [9.17, 15) is 9.59 Å². The zero-order chi connectivity index (χ0) is 21.8. The van der Waals surface area contributed by atoms with Gasteiger partial charge < -0.3 is 4.74 Å². The summed E-state index contributed by atoms with van der Waals surface area (Å²) in [5, 5.41) is 0.654. The number of carbonyl (C=O) groups excluding carboxylic acids is 2. The quantitative estimate of drug-likeness (QED) is 0.380. The number of esters is 1. The molecular weight excluding hydrogens is 408 g/mol. The van der Waals surface area contributed by atoms with Crippen LogP contribution < -0.4 is 4.90 Å². The van der Waals surface area contributed by atoms with Crippen LogP contribution in [0, 0.1) is 0 Å². The molecule has 0 fully saturated rings. The van der Waals surface area contributed by atoms with Crippen molar-refractivity contribution in [2.24, 2.45) is 0 Å². The van der Waals surface area contributed by atoms with E-state index < -0.39 is 5.97 Å². The summed E-state index contributed by atoms with van der Waals surface area (Å²) in [6.45, 7) is 2.50. The molecule has 0 aliphatic heterocycles. The summed E-state index contributed by atoms with van der Waals surface area (Å²) in [4.78, 5) is 31.8. The predicted molar refractivity (Wildman–Crippen MR) is 124 cm³/mol. The summed E-state index contributed by atoms with van der Waals surface area (Å²) in [6.07, 6.45) is 0.877. The van der Waals surface area contributed by atoms with Gasteiger partial charge in [0, 0.05) is 5.56 Å². The number of amides is 1. The highest BCUT2D eigenvalue weighted by atomic mass is 32.1. The Morgan fingerprint density at radius 2 is 1.65 bits per heavy atom.